The van der Waals surface area contributed by atoms with Gasteiger partial charge in [-0.15, -0.1) is 0 Å². The van der Waals surface area contributed by atoms with E-state index in [1.165, 1.54) is 11.8 Å². The first kappa shape index (κ1) is 35.4. The molecule has 12 atom stereocenters. The molecular formula is C22H40N2O14S2. The Labute approximate surface area is 240 Å². The number of thioether (sulfide) groups is 1. The fourth-order valence-electron chi connectivity index (χ4n) is 3.95. The number of hydrogen-bond donors (Lipinski definition) is 9. The molecule has 10 N–H and O–H groups in total. The Balaban J connectivity index is 2.34. The van der Waals surface area contributed by atoms with Crippen LogP contribution in [0, 0.1) is 0 Å². The van der Waals surface area contributed by atoms with Crippen LogP contribution in [-0.2, 0) is 38.0 Å². The van der Waals surface area contributed by atoms with Gasteiger partial charge in [-0.05, 0) is 18.4 Å². The summed E-state index contributed by atoms with van der Waals surface area (Å²) in [5.74, 6) is -1.11. The molecule has 16 nitrogen and oxygen atoms in total. The Hall–Kier alpha value is -0.840. The largest absolute Gasteiger partial charge is 0.462 e. The number of thiol groups is 1. The summed E-state index contributed by atoms with van der Waals surface area (Å²) in [6.07, 6.45) is -14.9. The Kier molecular flexibility index (Phi) is 15.3. The lowest BCUT2D eigenvalue weighted by molar-refractivity contribution is -0.379. The van der Waals surface area contributed by atoms with Crippen LogP contribution in [0.1, 0.15) is 6.42 Å². The molecule has 2 aliphatic rings. The van der Waals surface area contributed by atoms with Crippen LogP contribution in [0.25, 0.3) is 0 Å². The molecule has 2 saturated heterocycles. The number of esters is 2. The highest BCUT2D eigenvalue weighted by Crippen LogP contribution is 2.31. The molecule has 0 saturated carbocycles. The summed E-state index contributed by atoms with van der Waals surface area (Å²) in [7, 11) is 0. The standard InChI is InChI=1S/C22H40N2O14S2/c1-40-3-2-10(24)20(32)33-7-12-18(34-9(5-25)8-39)19(37-13(27)4-23)17(31)22(36-12)38-21-16(30)15(29)14(28)11(6-26)35-21/h9-12,14-19,21-22,25-26,28-31,39H,2-8,23-24H2,1H3/t9?,10-,11+,12+,14+,15-,16+,17+,18+,19+,21+,22+/m0/s1. The lowest BCUT2D eigenvalue weighted by Gasteiger charge is -2.46. The third-order valence-electron chi connectivity index (χ3n) is 6.25. The smallest absolute Gasteiger partial charge is 0.323 e. The highest BCUT2D eigenvalue weighted by molar-refractivity contribution is 7.98. The fourth-order valence-corrected chi connectivity index (χ4v) is 4.64. The zero-order chi connectivity index (χ0) is 30.0. The average Bonchev–Trinajstić information content (AvgIpc) is 2.96. The van der Waals surface area contributed by atoms with Gasteiger partial charge in [0.25, 0.3) is 0 Å². The van der Waals surface area contributed by atoms with Gasteiger partial charge in [0, 0.05) is 5.75 Å². The maximum atomic E-state index is 12.5. The summed E-state index contributed by atoms with van der Waals surface area (Å²) in [5, 5.41) is 60.7. The first-order valence-electron chi connectivity index (χ1n) is 12.5. The third-order valence-corrected chi connectivity index (χ3v) is 7.30. The Morgan fingerprint density at radius 2 is 1.65 bits per heavy atom. The first-order chi connectivity index (χ1) is 19.0. The molecule has 0 aromatic heterocycles. The minimum absolute atomic E-state index is 0.0114. The summed E-state index contributed by atoms with van der Waals surface area (Å²) in [5.41, 5.74) is 11.2. The minimum atomic E-state index is -1.85. The number of nitrogens with two attached hydrogens (primary N) is 2. The fraction of sp³-hybridized carbons (Fsp3) is 0.909. The maximum absolute atomic E-state index is 12.5. The van der Waals surface area contributed by atoms with Crippen molar-refractivity contribution in [2.24, 2.45) is 11.5 Å². The van der Waals surface area contributed by atoms with E-state index >= 15 is 0 Å². The van der Waals surface area contributed by atoms with Crippen molar-refractivity contribution in [2.45, 2.75) is 80.0 Å². The van der Waals surface area contributed by atoms with Gasteiger partial charge in [0.05, 0.1) is 25.9 Å². The summed E-state index contributed by atoms with van der Waals surface area (Å²) >= 11 is 5.59. The Bertz CT molecular complexity index is 782. The molecule has 2 heterocycles. The van der Waals surface area contributed by atoms with Gasteiger partial charge in [-0.25, -0.2) is 0 Å². The second kappa shape index (κ2) is 17.3. The molecule has 234 valence electrons. The van der Waals surface area contributed by atoms with Crippen LogP contribution in [-0.4, -0.2) is 160 Å². The zero-order valence-corrected chi connectivity index (χ0v) is 23.5. The number of aliphatic hydroxyl groups excluding tert-OH is 6. The van der Waals surface area contributed by atoms with E-state index in [4.69, 9.17) is 39.9 Å². The van der Waals surface area contributed by atoms with Crippen molar-refractivity contribution in [3.63, 3.8) is 0 Å². The molecule has 1 unspecified atom stereocenters. The van der Waals surface area contributed by atoms with Crippen LogP contribution in [0.4, 0.5) is 0 Å². The van der Waals surface area contributed by atoms with Crippen molar-refractivity contribution in [1.82, 2.24) is 0 Å². The van der Waals surface area contributed by atoms with Crippen molar-refractivity contribution in [1.29, 1.82) is 0 Å². The van der Waals surface area contributed by atoms with E-state index in [9.17, 15) is 40.2 Å². The van der Waals surface area contributed by atoms with Crippen LogP contribution in [0.5, 0.6) is 0 Å². The summed E-state index contributed by atoms with van der Waals surface area (Å²) < 4.78 is 33.1. The van der Waals surface area contributed by atoms with Crippen molar-refractivity contribution in [3.05, 3.63) is 0 Å². The number of carbonyl (C=O) groups excluding carboxylic acids is 2. The third kappa shape index (κ3) is 9.33. The molecule has 0 bridgehead atoms. The summed E-state index contributed by atoms with van der Waals surface area (Å²) in [6, 6.07) is -0.948. The predicted molar refractivity (Wildman–Crippen MR) is 140 cm³/mol. The van der Waals surface area contributed by atoms with Gasteiger partial charge >= 0.3 is 11.9 Å². The average molecular weight is 621 g/mol. The van der Waals surface area contributed by atoms with Crippen molar-refractivity contribution < 1.29 is 68.6 Å². The van der Waals surface area contributed by atoms with Gasteiger partial charge in [-0.1, -0.05) is 0 Å². The van der Waals surface area contributed by atoms with Crippen molar-refractivity contribution in [2.75, 3.05) is 44.1 Å². The number of aliphatic hydroxyl groups is 6. The van der Waals surface area contributed by atoms with E-state index in [2.05, 4.69) is 12.6 Å². The molecule has 18 heteroatoms. The molecular weight excluding hydrogens is 580 g/mol. The van der Waals surface area contributed by atoms with Crippen molar-refractivity contribution >= 4 is 36.3 Å². The monoisotopic (exact) mass is 620 g/mol. The SMILES string of the molecule is CSCC[C@H](N)C(=O)OC[C@H]1O[C@H](O[C@H]2O[C@H](CO)[C@@H](O)[C@H](O)[C@H]2O)[C@H](O)[C@@H](OC(=O)CN)[C@@H]1OC(CO)CS. The molecule has 40 heavy (non-hydrogen) atoms. The molecule has 2 aliphatic heterocycles. The molecule has 2 rings (SSSR count). The molecule has 0 spiro atoms. The van der Waals surface area contributed by atoms with Gasteiger partial charge in [0.2, 0.25) is 0 Å². The molecule has 0 aliphatic carbocycles. The molecule has 0 aromatic rings. The van der Waals surface area contributed by atoms with E-state index in [1.807, 2.05) is 6.26 Å². The van der Waals surface area contributed by atoms with Gasteiger partial charge in [0.15, 0.2) is 18.7 Å². The van der Waals surface area contributed by atoms with Crippen molar-refractivity contribution in [3.8, 4) is 0 Å². The van der Waals surface area contributed by atoms with E-state index in [1.54, 1.807) is 0 Å². The van der Waals surface area contributed by atoms with Gasteiger partial charge in [-0.3, -0.25) is 9.59 Å². The molecule has 0 radical (unpaired) electrons. The number of hydrogen-bond acceptors (Lipinski definition) is 18. The van der Waals surface area contributed by atoms with Gasteiger partial charge < -0.3 is 70.5 Å². The second-order valence-electron chi connectivity index (χ2n) is 9.13. The summed E-state index contributed by atoms with van der Waals surface area (Å²) in [4.78, 5) is 24.6. The van der Waals surface area contributed by atoms with E-state index in [0.717, 1.165) is 0 Å². The second-order valence-corrected chi connectivity index (χ2v) is 10.5. The molecule has 0 amide bonds. The molecule has 0 aromatic carbocycles. The van der Waals surface area contributed by atoms with Crippen LogP contribution < -0.4 is 11.5 Å². The number of rotatable bonds is 15. The van der Waals surface area contributed by atoms with E-state index in [0.29, 0.717) is 12.2 Å². The topological polar surface area (TPSA) is 263 Å². The highest BCUT2D eigenvalue weighted by atomic mass is 32.2. The van der Waals surface area contributed by atoms with Gasteiger partial charge in [-0.2, -0.15) is 24.4 Å². The Morgan fingerprint density at radius 3 is 2.23 bits per heavy atom. The Morgan fingerprint density at radius 1 is 1.00 bits per heavy atom. The van der Waals surface area contributed by atoms with E-state index < -0.39 is 112 Å². The van der Waals surface area contributed by atoms with Crippen LogP contribution >= 0.6 is 24.4 Å². The normalized spacial score (nSPS) is 36.0. The quantitative estimate of drug-likeness (QED) is 0.0613. The lowest BCUT2D eigenvalue weighted by Crippen LogP contribution is -2.65. The van der Waals surface area contributed by atoms with Crippen LogP contribution in [0.2, 0.25) is 0 Å². The van der Waals surface area contributed by atoms with E-state index in [-0.39, 0.29) is 5.75 Å². The lowest BCUT2D eigenvalue weighted by atomic mass is 9.97. The van der Waals surface area contributed by atoms with Crippen LogP contribution in [0.3, 0.4) is 0 Å². The number of ether oxygens (including phenoxy) is 6. The minimum Gasteiger partial charge on any atom is -0.462 e. The molecule has 2 fully saturated rings. The summed E-state index contributed by atoms with van der Waals surface area (Å²) in [6.45, 7) is -2.36. The maximum Gasteiger partial charge on any atom is 0.323 e. The zero-order valence-electron chi connectivity index (χ0n) is 21.8. The first-order valence-corrected chi connectivity index (χ1v) is 14.5. The van der Waals surface area contributed by atoms with Gasteiger partial charge in [0.1, 0.15) is 55.4 Å². The van der Waals surface area contributed by atoms with Crippen LogP contribution in [0.15, 0.2) is 0 Å². The predicted octanol–water partition coefficient (Wildman–Crippen LogP) is -4.94. The number of carbonyl (C=O) groups is 2. The highest BCUT2D eigenvalue weighted by Gasteiger charge is 2.53.